The third-order valence-electron chi connectivity index (χ3n) is 1.73. The van der Waals surface area contributed by atoms with Gasteiger partial charge in [0.25, 0.3) is 0 Å². The molecule has 1 rings (SSSR count). The highest BCUT2D eigenvalue weighted by atomic mass is 15.1. The topological polar surface area (TPSA) is 16.1 Å². The predicted octanol–water partition coefficient (Wildman–Crippen LogP) is 1.76. The molecule has 2 heteroatoms. The average Bonchev–Trinajstić information content (AvgIpc) is 1.85. The summed E-state index contributed by atoms with van der Waals surface area (Å²) in [4.78, 5) is 6.22. The smallest absolute Gasteiger partial charge is 0.0451 e. The van der Waals surface area contributed by atoms with Crippen molar-refractivity contribution in [2.75, 3.05) is 19.0 Å². The van der Waals surface area contributed by atoms with Gasteiger partial charge in [-0.15, -0.1) is 0 Å². The van der Waals surface area contributed by atoms with E-state index in [1.165, 1.54) is 16.8 Å². The van der Waals surface area contributed by atoms with Crippen molar-refractivity contribution in [1.82, 2.24) is 4.98 Å². The number of pyridine rings is 1. The van der Waals surface area contributed by atoms with Gasteiger partial charge in [0.15, 0.2) is 0 Å². The molecule has 1 heterocycles. The largest absolute Gasteiger partial charge is 0.377 e. The van der Waals surface area contributed by atoms with Gasteiger partial charge < -0.3 is 4.90 Å². The number of nitrogens with zero attached hydrogens (tertiary/aromatic N) is 2. The molecule has 1 aromatic heterocycles. The van der Waals surface area contributed by atoms with Gasteiger partial charge in [0.05, 0.1) is 0 Å². The van der Waals surface area contributed by atoms with Gasteiger partial charge in [0, 0.05) is 32.2 Å². The Morgan fingerprint density at radius 3 is 1.82 bits per heavy atom. The van der Waals surface area contributed by atoms with E-state index in [-0.39, 0.29) is 0 Å². The van der Waals surface area contributed by atoms with Crippen LogP contribution in [-0.2, 0) is 0 Å². The number of anilines is 1. The first-order valence-corrected chi connectivity index (χ1v) is 3.71. The molecule has 0 saturated carbocycles. The first kappa shape index (κ1) is 8.05. The molecule has 11 heavy (non-hydrogen) atoms. The number of aryl methyl sites for hydroxylation is 2. The summed E-state index contributed by atoms with van der Waals surface area (Å²) in [5.74, 6) is 0. The Labute approximate surface area is 67.9 Å². The minimum atomic E-state index is 1.23. The summed E-state index contributed by atoms with van der Waals surface area (Å²) < 4.78 is 0. The molecule has 0 aliphatic heterocycles. The molecular formula is C9H14N2. The van der Waals surface area contributed by atoms with Crippen molar-refractivity contribution in [2.24, 2.45) is 0 Å². The van der Waals surface area contributed by atoms with Crippen molar-refractivity contribution in [3.63, 3.8) is 0 Å². The van der Waals surface area contributed by atoms with Crippen molar-refractivity contribution < 1.29 is 0 Å². The van der Waals surface area contributed by atoms with Crippen LogP contribution in [-0.4, -0.2) is 19.1 Å². The lowest BCUT2D eigenvalue weighted by atomic mass is 10.1. The zero-order valence-electron chi connectivity index (χ0n) is 7.55. The highest BCUT2D eigenvalue weighted by molar-refractivity contribution is 5.56. The summed E-state index contributed by atoms with van der Waals surface area (Å²) >= 11 is 0. The Kier molecular flexibility index (Phi) is 2.13. The van der Waals surface area contributed by atoms with Gasteiger partial charge in [-0.2, -0.15) is 0 Å². The number of hydrogen-bond acceptors (Lipinski definition) is 2. The molecular weight excluding hydrogens is 136 g/mol. The molecule has 0 atom stereocenters. The highest BCUT2D eigenvalue weighted by Crippen LogP contribution is 2.20. The van der Waals surface area contributed by atoms with Crippen LogP contribution in [0.25, 0.3) is 0 Å². The van der Waals surface area contributed by atoms with E-state index in [4.69, 9.17) is 0 Å². The summed E-state index contributed by atoms with van der Waals surface area (Å²) in [6, 6.07) is 0. The molecule has 0 amide bonds. The van der Waals surface area contributed by atoms with Gasteiger partial charge in [0.1, 0.15) is 0 Å². The van der Waals surface area contributed by atoms with Crippen LogP contribution in [0.15, 0.2) is 12.4 Å². The summed E-state index contributed by atoms with van der Waals surface area (Å²) in [7, 11) is 4.10. The molecule has 0 aliphatic carbocycles. The van der Waals surface area contributed by atoms with E-state index in [2.05, 4.69) is 37.8 Å². The zero-order chi connectivity index (χ0) is 8.43. The first-order valence-electron chi connectivity index (χ1n) is 3.71. The van der Waals surface area contributed by atoms with Crippen LogP contribution in [0.5, 0.6) is 0 Å². The standard InChI is InChI=1S/C9H14N2/c1-7-5-10-6-8(2)9(7)11(3)4/h5-6H,1-4H3. The molecule has 0 saturated heterocycles. The summed E-state index contributed by atoms with van der Waals surface area (Å²) in [6.07, 6.45) is 3.78. The van der Waals surface area contributed by atoms with Crippen LogP contribution in [0.1, 0.15) is 11.1 Å². The molecule has 60 valence electrons. The van der Waals surface area contributed by atoms with Gasteiger partial charge in [0.2, 0.25) is 0 Å². The van der Waals surface area contributed by atoms with Gasteiger partial charge in [-0.1, -0.05) is 0 Å². The van der Waals surface area contributed by atoms with Crippen LogP contribution in [0.3, 0.4) is 0 Å². The lowest BCUT2D eigenvalue weighted by molar-refractivity contribution is 1.07. The Morgan fingerprint density at radius 2 is 1.55 bits per heavy atom. The van der Waals surface area contributed by atoms with Gasteiger partial charge >= 0.3 is 0 Å². The molecule has 0 unspecified atom stereocenters. The molecule has 0 N–H and O–H groups in total. The van der Waals surface area contributed by atoms with Crippen LogP contribution in [0, 0.1) is 13.8 Å². The van der Waals surface area contributed by atoms with E-state index >= 15 is 0 Å². The van der Waals surface area contributed by atoms with E-state index in [0.717, 1.165) is 0 Å². The predicted molar refractivity (Wildman–Crippen MR) is 48.0 cm³/mol. The summed E-state index contributed by atoms with van der Waals surface area (Å²) in [6.45, 7) is 4.16. The minimum absolute atomic E-state index is 1.23. The fraction of sp³-hybridized carbons (Fsp3) is 0.444. The summed E-state index contributed by atoms with van der Waals surface area (Å²) in [5, 5.41) is 0. The Hall–Kier alpha value is -1.05. The molecule has 0 fully saturated rings. The van der Waals surface area contributed by atoms with Crippen LogP contribution in [0.2, 0.25) is 0 Å². The van der Waals surface area contributed by atoms with E-state index in [1.54, 1.807) is 0 Å². The molecule has 0 aromatic carbocycles. The zero-order valence-corrected chi connectivity index (χ0v) is 7.55. The Balaban J connectivity index is 3.21. The van der Waals surface area contributed by atoms with E-state index in [0.29, 0.717) is 0 Å². The summed E-state index contributed by atoms with van der Waals surface area (Å²) in [5.41, 5.74) is 3.74. The second-order valence-electron chi connectivity index (χ2n) is 3.02. The lowest BCUT2D eigenvalue weighted by Gasteiger charge is -2.17. The number of hydrogen-bond donors (Lipinski definition) is 0. The number of rotatable bonds is 1. The van der Waals surface area contributed by atoms with E-state index in [9.17, 15) is 0 Å². The molecule has 0 spiro atoms. The fourth-order valence-electron chi connectivity index (χ4n) is 1.40. The maximum atomic E-state index is 4.10. The van der Waals surface area contributed by atoms with E-state index in [1.807, 2.05) is 12.4 Å². The van der Waals surface area contributed by atoms with Crippen molar-refractivity contribution in [2.45, 2.75) is 13.8 Å². The SMILES string of the molecule is Cc1cncc(C)c1N(C)C. The van der Waals surface area contributed by atoms with Crippen LogP contribution in [0.4, 0.5) is 5.69 Å². The monoisotopic (exact) mass is 150 g/mol. The minimum Gasteiger partial charge on any atom is -0.377 e. The van der Waals surface area contributed by atoms with Crippen molar-refractivity contribution in [1.29, 1.82) is 0 Å². The molecule has 2 nitrogen and oxygen atoms in total. The quantitative estimate of drug-likeness (QED) is 0.606. The molecule has 0 radical (unpaired) electrons. The maximum Gasteiger partial charge on any atom is 0.0451 e. The average molecular weight is 150 g/mol. The van der Waals surface area contributed by atoms with Gasteiger partial charge in [-0.05, 0) is 25.0 Å². The number of aromatic nitrogens is 1. The van der Waals surface area contributed by atoms with Crippen molar-refractivity contribution >= 4 is 5.69 Å². The second kappa shape index (κ2) is 2.91. The Morgan fingerprint density at radius 1 is 1.09 bits per heavy atom. The third-order valence-corrected chi connectivity index (χ3v) is 1.73. The lowest BCUT2D eigenvalue weighted by Crippen LogP contribution is -2.12. The third kappa shape index (κ3) is 1.50. The van der Waals surface area contributed by atoms with Crippen LogP contribution >= 0.6 is 0 Å². The molecule has 0 aliphatic rings. The van der Waals surface area contributed by atoms with Gasteiger partial charge in [-0.25, -0.2) is 0 Å². The molecule has 1 aromatic rings. The normalized spacial score (nSPS) is 9.82. The van der Waals surface area contributed by atoms with E-state index < -0.39 is 0 Å². The second-order valence-corrected chi connectivity index (χ2v) is 3.02. The highest BCUT2D eigenvalue weighted by Gasteiger charge is 2.02. The fourth-order valence-corrected chi connectivity index (χ4v) is 1.40. The first-order chi connectivity index (χ1) is 5.13. The van der Waals surface area contributed by atoms with Crippen molar-refractivity contribution in [3.8, 4) is 0 Å². The van der Waals surface area contributed by atoms with Crippen molar-refractivity contribution in [3.05, 3.63) is 23.5 Å². The van der Waals surface area contributed by atoms with Crippen LogP contribution < -0.4 is 4.90 Å². The maximum absolute atomic E-state index is 4.10. The van der Waals surface area contributed by atoms with Gasteiger partial charge in [-0.3, -0.25) is 4.98 Å². The molecule has 0 bridgehead atoms. The Bertz CT molecular complexity index is 233.